The van der Waals surface area contributed by atoms with E-state index in [0.717, 1.165) is 25.9 Å². The highest BCUT2D eigenvalue weighted by Crippen LogP contribution is 2.24. The Morgan fingerprint density at radius 1 is 1.21 bits per heavy atom. The number of piperidine rings is 1. The van der Waals surface area contributed by atoms with Gasteiger partial charge in [-0.05, 0) is 72.8 Å². The topological polar surface area (TPSA) is 46.2 Å². The highest BCUT2D eigenvalue weighted by molar-refractivity contribution is 9.10. The van der Waals surface area contributed by atoms with Gasteiger partial charge in [0, 0.05) is 4.47 Å². The molecule has 1 aromatic carbocycles. The lowest BCUT2D eigenvalue weighted by Crippen LogP contribution is -2.27. The van der Waals surface area contributed by atoms with Crippen LogP contribution >= 0.6 is 15.9 Å². The van der Waals surface area contributed by atoms with E-state index in [2.05, 4.69) is 21.2 Å². The van der Waals surface area contributed by atoms with E-state index in [-0.39, 0.29) is 5.75 Å². The average Bonchev–Trinajstić information content (AvgIpc) is 2.40. The van der Waals surface area contributed by atoms with E-state index in [1.54, 1.807) is 18.2 Å². The van der Waals surface area contributed by atoms with Crippen molar-refractivity contribution in [3.63, 3.8) is 0 Å². The third-order valence-corrected chi connectivity index (χ3v) is 6.46. The first-order valence-corrected chi connectivity index (χ1v) is 9.22. The summed E-state index contributed by atoms with van der Waals surface area (Å²) < 4.78 is 25.2. The summed E-state index contributed by atoms with van der Waals surface area (Å²) in [5.74, 6) is 0.940. The molecule has 19 heavy (non-hydrogen) atoms. The molecule has 1 aliphatic heterocycles. The highest BCUT2D eigenvalue weighted by Gasteiger charge is 2.19. The standard InChI is InChI=1S/C14H20BrNO2S/c15-13-5-1-2-6-14(13)19(17,18)11-3-4-12-7-9-16-10-8-12/h1-2,5-6,12,16H,3-4,7-11H2. The van der Waals surface area contributed by atoms with Crippen LogP contribution in [-0.4, -0.2) is 27.3 Å². The molecule has 0 aliphatic carbocycles. The molecule has 0 bridgehead atoms. The molecule has 0 aromatic heterocycles. The lowest BCUT2D eigenvalue weighted by Gasteiger charge is -2.22. The fourth-order valence-corrected chi connectivity index (χ4v) is 4.98. The number of sulfone groups is 1. The summed E-state index contributed by atoms with van der Waals surface area (Å²) in [6, 6.07) is 7.05. The molecule has 0 atom stereocenters. The summed E-state index contributed by atoms with van der Waals surface area (Å²) in [4.78, 5) is 0.417. The minimum Gasteiger partial charge on any atom is -0.317 e. The maximum absolute atomic E-state index is 12.3. The maximum atomic E-state index is 12.3. The fraction of sp³-hybridized carbons (Fsp3) is 0.571. The van der Waals surface area contributed by atoms with E-state index >= 15 is 0 Å². The highest BCUT2D eigenvalue weighted by atomic mass is 79.9. The molecule has 3 nitrogen and oxygen atoms in total. The van der Waals surface area contributed by atoms with Crippen molar-refractivity contribution >= 4 is 25.8 Å². The lowest BCUT2D eigenvalue weighted by molar-refractivity contribution is 0.351. The first-order chi connectivity index (χ1) is 9.09. The minimum atomic E-state index is -3.15. The van der Waals surface area contributed by atoms with Crippen molar-refractivity contribution in [1.82, 2.24) is 5.32 Å². The zero-order chi connectivity index (χ0) is 13.7. The van der Waals surface area contributed by atoms with Crippen LogP contribution in [0, 0.1) is 5.92 Å². The Labute approximate surface area is 123 Å². The normalized spacial score (nSPS) is 17.5. The van der Waals surface area contributed by atoms with Crippen LogP contribution in [0.2, 0.25) is 0 Å². The number of rotatable bonds is 5. The van der Waals surface area contributed by atoms with Crippen LogP contribution in [0.4, 0.5) is 0 Å². The van der Waals surface area contributed by atoms with E-state index < -0.39 is 9.84 Å². The predicted octanol–water partition coefficient (Wildman–Crippen LogP) is 3.00. The molecular formula is C14H20BrNO2S. The Kier molecular flexibility index (Phi) is 5.42. The maximum Gasteiger partial charge on any atom is 0.179 e. The molecule has 1 fully saturated rings. The van der Waals surface area contributed by atoms with Gasteiger partial charge in [-0.25, -0.2) is 8.42 Å². The number of hydrogen-bond donors (Lipinski definition) is 1. The van der Waals surface area contributed by atoms with E-state index in [4.69, 9.17) is 0 Å². The lowest BCUT2D eigenvalue weighted by atomic mass is 9.94. The average molecular weight is 346 g/mol. The van der Waals surface area contributed by atoms with Gasteiger partial charge < -0.3 is 5.32 Å². The number of benzene rings is 1. The second-order valence-electron chi connectivity index (χ2n) is 5.08. The summed E-state index contributed by atoms with van der Waals surface area (Å²) in [5.41, 5.74) is 0. The van der Waals surface area contributed by atoms with E-state index in [9.17, 15) is 8.42 Å². The van der Waals surface area contributed by atoms with Gasteiger partial charge in [0.25, 0.3) is 0 Å². The molecule has 106 valence electrons. The van der Waals surface area contributed by atoms with Gasteiger partial charge in [-0.15, -0.1) is 0 Å². The van der Waals surface area contributed by atoms with Crippen LogP contribution < -0.4 is 5.32 Å². The van der Waals surface area contributed by atoms with E-state index in [1.807, 2.05) is 6.07 Å². The van der Waals surface area contributed by atoms with Gasteiger partial charge >= 0.3 is 0 Å². The largest absolute Gasteiger partial charge is 0.317 e. The Hall–Kier alpha value is -0.390. The second-order valence-corrected chi connectivity index (χ2v) is 8.02. The van der Waals surface area contributed by atoms with Crippen molar-refractivity contribution in [3.8, 4) is 0 Å². The zero-order valence-corrected chi connectivity index (χ0v) is 13.3. The van der Waals surface area contributed by atoms with Gasteiger partial charge in [0.2, 0.25) is 0 Å². The molecule has 1 aromatic rings. The number of halogens is 1. The molecule has 0 radical (unpaired) electrons. The molecule has 0 amide bonds. The second kappa shape index (κ2) is 6.86. The molecule has 0 spiro atoms. The number of hydrogen-bond acceptors (Lipinski definition) is 3. The van der Waals surface area contributed by atoms with Gasteiger partial charge in [0.15, 0.2) is 9.84 Å². The first kappa shape index (κ1) is 15.0. The molecule has 1 N–H and O–H groups in total. The quantitative estimate of drug-likeness (QED) is 0.892. The summed E-state index contributed by atoms with van der Waals surface area (Å²) in [6.45, 7) is 2.14. The molecule has 5 heteroatoms. The zero-order valence-electron chi connectivity index (χ0n) is 10.9. The third-order valence-electron chi connectivity index (χ3n) is 3.66. The Bertz CT molecular complexity index is 510. The summed E-state index contributed by atoms with van der Waals surface area (Å²) in [6.07, 6.45) is 4.13. The van der Waals surface area contributed by atoms with Gasteiger partial charge in [-0.2, -0.15) is 0 Å². The van der Waals surface area contributed by atoms with Crippen LogP contribution in [0.25, 0.3) is 0 Å². The van der Waals surface area contributed by atoms with Crippen LogP contribution in [-0.2, 0) is 9.84 Å². The smallest absolute Gasteiger partial charge is 0.179 e. The van der Waals surface area contributed by atoms with Gasteiger partial charge in [-0.1, -0.05) is 12.1 Å². The molecule has 1 saturated heterocycles. The SMILES string of the molecule is O=S(=O)(CCCC1CCNCC1)c1ccccc1Br. The van der Waals surface area contributed by atoms with Gasteiger partial charge in [0.1, 0.15) is 0 Å². The number of nitrogens with one attached hydrogen (secondary N) is 1. The van der Waals surface area contributed by atoms with Crippen LogP contribution in [0.5, 0.6) is 0 Å². The molecular weight excluding hydrogens is 326 g/mol. The van der Waals surface area contributed by atoms with Crippen molar-refractivity contribution in [2.24, 2.45) is 5.92 Å². The Balaban J connectivity index is 1.89. The van der Waals surface area contributed by atoms with Gasteiger partial charge in [-0.3, -0.25) is 0 Å². The third kappa shape index (κ3) is 4.29. The first-order valence-electron chi connectivity index (χ1n) is 6.77. The van der Waals surface area contributed by atoms with Crippen molar-refractivity contribution in [2.45, 2.75) is 30.6 Å². The van der Waals surface area contributed by atoms with E-state index in [0.29, 0.717) is 15.3 Å². The van der Waals surface area contributed by atoms with Crippen molar-refractivity contribution in [1.29, 1.82) is 0 Å². The predicted molar refractivity (Wildman–Crippen MR) is 81.0 cm³/mol. The molecule has 0 unspecified atom stereocenters. The Morgan fingerprint density at radius 3 is 2.58 bits per heavy atom. The minimum absolute atomic E-state index is 0.250. The van der Waals surface area contributed by atoms with Crippen LogP contribution in [0.3, 0.4) is 0 Å². The summed E-state index contributed by atoms with van der Waals surface area (Å²) in [7, 11) is -3.15. The van der Waals surface area contributed by atoms with E-state index in [1.165, 1.54) is 12.8 Å². The molecule has 2 rings (SSSR count). The molecule has 1 aliphatic rings. The summed E-state index contributed by atoms with van der Waals surface area (Å²) in [5, 5.41) is 3.33. The van der Waals surface area contributed by atoms with Crippen molar-refractivity contribution in [3.05, 3.63) is 28.7 Å². The Morgan fingerprint density at radius 2 is 1.89 bits per heavy atom. The van der Waals surface area contributed by atoms with Crippen LogP contribution in [0.15, 0.2) is 33.6 Å². The summed E-state index contributed by atoms with van der Waals surface area (Å²) >= 11 is 3.31. The molecule has 1 heterocycles. The fourth-order valence-electron chi connectivity index (χ4n) is 2.54. The van der Waals surface area contributed by atoms with Crippen molar-refractivity contribution in [2.75, 3.05) is 18.8 Å². The monoisotopic (exact) mass is 345 g/mol. The molecule has 0 saturated carbocycles. The van der Waals surface area contributed by atoms with Crippen molar-refractivity contribution < 1.29 is 8.42 Å². The van der Waals surface area contributed by atoms with Crippen LogP contribution in [0.1, 0.15) is 25.7 Å². The van der Waals surface area contributed by atoms with Gasteiger partial charge in [0.05, 0.1) is 10.6 Å².